The van der Waals surface area contributed by atoms with E-state index in [0.717, 1.165) is 6.42 Å². The fourth-order valence-corrected chi connectivity index (χ4v) is 3.49. The van der Waals surface area contributed by atoms with E-state index < -0.39 is 16.0 Å². The minimum absolute atomic E-state index is 0.0159. The number of rotatable bonds is 6. The maximum atomic E-state index is 12.3. The van der Waals surface area contributed by atoms with Crippen LogP contribution >= 0.6 is 0 Å². The Labute approximate surface area is 125 Å². The highest BCUT2D eigenvalue weighted by molar-refractivity contribution is 7.89. The Kier molecular flexibility index (Phi) is 5.74. The summed E-state index contributed by atoms with van der Waals surface area (Å²) in [5, 5.41) is 0. The Balaban J connectivity index is 3.01. The third-order valence-corrected chi connectivity index (χ3v) is 4.57. The number of methoxy groups -OCH3 is 1. The van der Waals surface area contributed by atoms with Crippen LogP contribution in [0.15, 0.2) is 23.1 Å². The Morgan fingerprint density at radius 3 is 2.43 bits per heavy atom. The molecule has 0 spiro atoms. The normalized spacial score (nSPS) is 13.2. The number of hydrogen-bond donors (Lipinski definition) is 2. The smallest absolute Gasteiger partial charge is 0.337 e. The molecule has 6 nitrogen and oxygen atoms in total. The Bertz CT molecular complexity index is 611. The van der Waals surface area contributed by atoms with Gasteiger partial charge in [-0.3, -0.25) is 0 Å². The van der Waals surface area contributed by atoms with Crippen LogP contribution in [0.4, 0.5) is 5.69 Å². The highest BCUT2D eigenvalue weighted by Gasteiger charge is 2.21. The van der Waals surface area contributed by atoms with Gasteiger partial charge in [-0.2, -0.15) is 0 Å². The second-order valence-electron chi connectivity index (χ2n) is 5.40. The van der Waals surface area contributed by atoms with Crippen molar-refractivity contribution in [3.63, 3.8) is 0 Å². The summed E-state index contributed by atoms with van der Waals surface area (Å²) >= 11 is 0. The number of esters is 1. The number of benzene rings is 1. The third-order valence-electron chi connectivity index (χ3n) is 2.90. The zero-order chi connectivity index (χ0) is 16.2. The lowest BCUT2D eigenvalue weighted by atomic mass is 10.1. The molecule has 1 unspecified atom stereocenters. The molecule has 0 heterocycles. The molecule has 1 atom stereocenters. The van der Waals surface area contributed by atoms with Crippen molar-refractivity contribution >= 4 is 21.7 Å². The molecule has 0 saturated heterocycles. The Morgan fingerprint density at radius 2 is 1.95 bits per heavy atom. The van der Waals surface area contributed by atoms with Gasteiger partial charge in [-0.05, 0) is 37.5 Å². The molecule has 0 fully saturated rings. The summed E-state index contributed by atoms with van der Waals surface area (Å²) in [6.45, 7) is 5.84. The van der Waals surface area contributed by atoms with Crippen LogP contribution in [0.3, 0.4) is 0 Å². The van der Waals surface area contributed by atoms with E-state index in [1.54, 1.807) is 6.92 Å². The van der Waals surface area contributed by atoms with E-state index in [1.165, 1.54) is 25.3 Å². The van der Waals surface area contributed by atoms with Gasteiger partial charge in [0.2, 0.25) is 10.0 Å². The molecule has 1 aromatic carbocycles. The van der Waals surface area contributed by atoms with E-state index in [9.17, 15) is 13.2 Å². The van der Waals surface area contributed by atoms with Gasteiger partial charge in [0.05, 0.1) is 18.4 Å². The number of carbonyl (C=O) groups is 1. The first-order valence-electron chi connectivity index (χ1n) is 6.67. The molecule has 0 bridgehead atoms. The SMILES string of the molecule is COC(=O)c1ccc(S(=O)(=O)NC(C)CC(C)C)c(N)c1. The van der Waals surface area contributed by atoms with Gasteiger partial charge < -0.3 is 10.5 Å². The molecular weight excluding hydrogens is 292 g/mol. The van der Waals surface area contributed by atoms with Gasteiger partial charge in [-0.25, -0.2) is 17.9 Å². The quantitative estimate of drug-likeness (QED) is 0.616. The van der Waals surface area contributed by atoms with Crippen LogP contribution in [0.25, 0.3) is 0 Å². The van der Waals surface area contributed by atoms with Crippen LogP contribution in [-0.2, 0) is 14.8 Å². The molecule has 0 aliphatic carbocycles. The molecule has 1 aromatic rings. The second kappa shape index (κ2) is 6.91. The molecule has 118 valence electrons. The lowest BCUT2D eigenvalue weighted by Crippen LogP contribution is -2.34. The number of hydrogen-bond acceptors (Lipinski definition) is 5. The highest BCUT2D eigenvalue weighted by atomic mass is 32.2. The molecule has 0 radical (unpaired) electrons. The van der Waals surface area contributed by atoms with Gasteiger partial charge in [0.1, 0.15) is 4.90 Å². The van der Waals surface area contributed by atoms with Crippen LogP contribution in [0.1, 0.15) is 37.6 Å². The maximum absolute atomic E-state index is 12.3. The number of nitrogens with two attached hydrogens (primary N) is 1. The summed E-state index contributed by atoms with van der Waals surface area (Å²) in [6.07, 6.45) is 0.722. The van der Waals surface area contributed by atoms with Crippen molar-refractivity contribution in [3.05, 3.63) is 23.8 Å². The summed E-state index contributed by atoms with van der Waals surface area (Å²) in [7, 11) is -2.46. The number of sulfonamides is 1. The monoisotopic (exact) mass is 314 g/mol. The van der Waals surface area contributed by atoms with Crippen molar-refractivity contribution in [1.29, 1.82) is 0 Å². The molecule has 21 heavy (non-hydrogen) atoms. The molecule has 0 aromatic heterocycles. The first kappa shape index (κ1) is 17.5. The third kappa shape index (κ3) is 4.71. The molecule has 0 saturated carbocycles. The Hall–Kier alpha value is -1.60. The predicted molar refractivity (Wildman–Crippen MR) is 81.4 cm³/mol. The van der Waals surface area contributed by atoms with Crippen molar-refractivity contribution in [2.75, 3.05) is 12.8 Å². The molecule has 7 heteroatoms. The van der Waals surface area contributed by atoms with E-state index in [4.69, 9.17) is 5.73 Å². The van der Waals surface area contributed by atoms with Crippen LogP contribution in [0.2, 0.25) is 0 Å². The fourth-order valence-electron chi connectivity index (χ4n) is 2.12. The predicted octanol–water partition coefficient (Wildman–Crippen LogP) is 1.77. The van der Waals surface area contributed by atoms with Crippen LogP contribution in [-0.4, -0.2) is 27.5 Å². The lowest BCUT2D eigenvalue weighted by Gasteiger charge is -2.17. The van der Waals surface area contributed by atoms with Gasteiger partial charge in [0.25, 0.3) is 0 Å². The van der Waals surface area contributed by atoms with Crippen molar-refractivity contribution in [3.8, 4) is 0 Å². The zero-order valence-electron chi connectivity index (χ0n) is 12.7. The Morgan fingerprint density at radius 1 is 1.33 bits per heavy atom. The van der Waals surface area contributed by atoms with Crippen molar-refractivity contribution < 1.29 is 17.9 Å². The first-order chi connectivity index (χ1) is 9.67. The number of carbonyl (C=O) groups excluding carboxylic acids is 1. The number of nitrogen functional groups attached to an aromatic ring is 1. The van der Waals surface area contributed by atoms with E-state index in [-0.39, 0.29) is 22.2 Å². The van der Waals surface area contributed by atoms with Crippen LogP contribution < -0.4 is 10.5 Å². The average molecular weight is 314 g/mol. The van der Waals surface area contributed by atoms with Gasteiger partial charge in [-0.1, -0.05) is 13.8 Å². The van der Waals surface area contributed by atoms with Gasteiger partial charge in [0, 0.05) is 6.04 Å². The molecule has 3 N–H and O–H groups in total. The van der Waals surface area contributed by atoms with E-state index in [1.807, 2.05) is 13.8 Å². The summed E-state index contributed by atoms with van der Waals surface area (Å²) in [5.74, 6) is -0.187. The minimum Gasteiger partial charge on any atom is -0.465 e. The number of anilines is 1. The highest BCUT2D eigenvalue weighted by Crippen LogP contribution is 2.21. The summed E-state index contributed by atoms with van der Waals surface area (Å²) < 4.78 is 31.7. The van der Waals surface area contributed by atoms with Crippen molar-refractivity contribution in [2.45, 2.75) is 38.1 Å². The fraction of sp³-hybridized carbons (Fsp3) is 0.500. The van der Waals surface area contributed by atoms with Crippen LogP contribution in [0.5, 0.6) is 0 Å². The van der Waals surface area contributed by atoms with Crippen molar-refractivity contribution in [1.82, 2.24) is 4.72 Å². The molecule has 1 rings (SSSR count). The van der Waals surface area contributed by atoms with Gasteiger partial charge >= 0.3 is 5.97 Å². The van der Waals surface area contributed by atoms with E-state index in [2.05, 4.69) is 9.46 Å². The average Bonchev–Trinajstić information content (AvgIpc) is 2.35. The largest absolute Gasteiger partial charge is 0.465 e. The molecule has 0 aliphatic heterocycles. The van der Waals surface area contributed by atoms with Crippen LogP contribution in [0, 0.1) is 5.92 Å². The van der Waals surface area contributed by atoms with E-state index in [0.29, 0.717) is 5.92 Å². The molecule has 0 aliphatic rings. The lowest BCUT2D eigenvalue weighted by molar-refractivity contribution is 0.0600. The second-order valence-corrected chi connectivity index (χ2v) is 7.08. The topological polar surface area (TPSA) is 98.5 Å². The van der Waals surface area contributed by atoms with Gasteiger partial charge in [0.15, 0.2) is 0 Å². The standard InChI is InChI=1S/C14H22N2O4S/c1-9(2)7-10(3)16-21(18,19)13-6-5-11(8-12(13)15)14(17)20-4/h5-6,8-10,16H,7,15H2,1-4H3. The number of nitrogens with one attached hydrogen (secondary N) is 1. The van der Waals surface area contributed by atoms with E-state index >= 15 is 0 Å². The molecule has 0 amide bonds. The zero-order valence-corrected chi connectivity index (χ0v) is 13.5. The van der Waals surface area contributed by atoms with Crippen molar-refractivity contribution in [2.24, 2.45) is 5.92 Å². The maximum Gasteiger partial charge on any atom is 0.337 e. The summed E-state index contributed by atoms with van der Waals surface area (Å²) in [6, 6.07) is 3.79. The first-order valence-corrected chi connectivity index (χ1v) is 8.16. The number of ether oxygens (including phenoxy) is 1. The summed E-state index contributed by atoms with van der Waals surface area (Å²) in [5.41, 5.74) is 5.98. The summed E-state index contributed by atoms with van der Waals surface area (Å²) in [4.78, 5) is 11.3. The molecular formula is C14H22N2O4S. The minimum atomic E-state index is -3.71. The van der Waals surface area contributed by atoms with Gasteiger partial charge in [-0.15, -0.1) is 0 Å².